The standard InChI is InChI=1S/C12H12NS/c13-9-11-4-1-3-10(7-11)8-12-5-2-6-14-12/h1-3,5-7H,8-9,13H2. The number of thiophene rings is 1. The van der Waals surface area contributed by atoms with Gasteiger partial charge in [-0.15, -0.1) is 11.3 Å². The molecule has 0 aliphatic carbocycles. The van der Waals surface area contributed by atoms with Crippen LogP contribution in [-0.2, 0) is 13.0 Å². The second-order valence-corrected chi connectivity index (χ2v) is 4.21. The van der Waals surface area contributed by atoms with E-state index in [-0.39, 0.29) is 0 Å². The van der Waals surface area contributed by atoms with E-state index in [1.165, 1.54) is 10.4 Å². The lowest BCUT2D eigenvalue weighted by atomic mass is 10.1. The highest BCUT2D eigenvalue weighted by Gasteiger charge is 1.98. The van der Waals surface area contributed by atoms with Gasteiger partial charge < -0.3 is 5.73 Å². The van der Waals surface area contributed by atoms with Gasteiger partial charge in [-0.25, -0.2) is 0 Å². The van der Waals surface area contributed by atoms with Crippen molar-refractivity contribution in [3.63, 3.8) is 0 Å². The van der Waals surface area contributed by atoms with Gasteiger partial charge in [0.05, 0.1) is 0 Å². The Labute approximate surface area is 88.2 Å². The zero-order chi connectivity index (χ0) is 9.80. The average molecular weight is 202 g/mol. The molecule has 1 radical (unpaired) electrons. The van der Waals surface area contributed by atoms with E-state index in [0.717, 1.165) is 12.0 Å². The van der Waals surface area contributed by atoms with Crippen LogP contribution in [0.5, 0.6) is 0 Å². The summed E-state index contributed by atoms with van der Waals surface area (Å²) in [7, 11) is 0. The molecule has 14 heavy (non-hydrogen) atoms. The molecule has 0 aliphatic heterocycles. The molecule has 1 aromatic carbocycles. The van der Waals surface area contributed by atoms with Crippen LogP contribution < -0.4 is 5.73 Å². The van der Waals surface area contributed by atoms with Crippen molar-refractivity contribution in [3.8, 4) is 0 Å². The minimum absolute atomic E-state index is 0.568. The molecule has 0 unspecified atom stereocenters. The summed E-state index contributed by atoms with van der Waals surface area (Å²) in [6.45, 7) is 0.568. The molecule has 1 aromatic heterocycles. The second-order valence-electron chi connectivity index (χ2n) is 3.18. The third kappa shape index (κ3) is 2.22. The number of hydrogen-bond acceptors (Lipinski definition) is 2. The number of rotatable bonds is 3. The van der Waals surface area contributed by atoms with Gasteiger partial charge in [-0.2, -0.15) is 0 Å². The van der Waals surface area contributed by atoms with Crippen LogP contribution in [0.15, 0.2) is 35.7 Å². The van der Waals surface area contributed by atoms with Crippen LogP contribution in [0.25, 0.3) is 0 Å². The summed E-state index contributed by atoms with van der Waals surface area (Å²) in [5.74, 6) is 0. The van der Waals surface area contributed by atoms with Gasteiger partial charge in [0.25, 0.3) is 0 Å². The molecule has 0 saturated heterocycles. The minimum atomic E-state index is 0.568. The molecular weight excluding hydrogens is 190 g/mol. The highest BCUT2D eigenvalue weighted by atomic mass is 32.1. The van der Waals surface area contributed by atoms with Gasteiger partial charge in [-0.05, 0) is 28.6 Å². The van der Waals surface area contributed by atoms with E-state index in [2.05, 4.69) is 35.7 Å². The summed E-state index contributed by atoms with van der Waals surface area (Å²) in [6.07, 6.45) is 0.999. The highest BCUT2D eigenvalue weighted by molar-refractivity contribution is 7.09. The van der Waals surface area contributed by atoms with Crippen molar-refractivity contribution in [2.45, 2.75) is 13.0 Å². The molecule has 1 nitrogen and oxygen atoms in total. The second kappa shape index (κ2) is 4.40. The summed E-state index contributed by atoms with van der Waals surface area (Å²) in [6, 6.07) is 13.5. The number of benzene rings is 1. The predicted molar refractivity (Wildman–Crippen MR) is 60.3 cm³/mol. The monoisotopic (exact) mass is 202 g/mol. The van der Waals surface area contributed by atoms with Crippen LogP contribution in [-0.4, -0.2) is 0 Å². The average Bonchev–Trinajstić information content (AvgIpc) is 2.71. The molecule has 0 aliphatic rings. The Balaban J connectivity index is 2.17. The van der Waals surface area contributed by atoms with E-state index in [9.17, 15) is 0 Å². The fraction of sp³-hybridized carbons (Fsp3) is 0.167. The highest BCUT2D eigenvalue weighted by Crippen LogP contribution is 2.15. The lowest BCUT2D eigenvalue weighted by molar-refractivity contribution is 1.05. The van der Waals surface area contributed by atoms with Crippen LogP contribution in [0.3, 0.4) is 0 Å². The summed E-state index contributed by atoms with van der Waals surface area (Å²) in [5.41, 5.74) is 7.96. The molecule has 2 heteroatoms. The van der Waals surface area contributed by atoms with Gasteiger partial charge in [0.2, 0.25) is 0 Å². The Hall–Kier alpha value is -1.12. The lowest BCUT2D eigenvalue weighted by Gasteiger charge is -2.01. The third-order valence-corrected chi connectivity index (χ3v) is 2.98. The molecule has 1 heterocycles. The minimum Gasteiger partial charge on any atom is -0.326 e. The van der Waals surface area contributed by atoms with Crippen molar-refractivity contribution in [2.75, 3.05) is 0 Å². The number of hydrogen-bond donors (Lipinski definition) is 1. The van der Waals surface area contributed by atoms with Gasteiger partial charge in [0.15, 0.2) is 0 Å². The molecule has 2 aromatic rings. The van der Waals surface area contributed by atoms with Crippen LogP contribution in [0.2, 0.25) is 0 Å². The van der Waals surface area contributed by atoms with Crippen molar-refractivity contribution >= 4 is 11.3 Å². The van der Waals surface area contributed by atoms with Gasteiger partial charge in [0, 0.05) is 17.8 Å². The molecule has 71 valence electrons. The first kappa shape index (κ1) is 9.44. The van der Waals surface area contributed by atoms with E-state index in [1.807, 2.05) is 6.07 Å². The molecule has 0 fully saturated rings. The first-order chi connectivity index (χ1) is 6.88. The largest absolute Gasteiger partial charge is 0.326 e. The Morgan fingerprint density at radius 1 is 1.36 bits per heavy atom. The van der Waals surface area contributed by atoms with E-state index in [1.54, 1.807) is 11.3 Å². The quantitative estimate of drug-likeness (QED) is 0.813. The van der Waals surface area contributed by atoms with Crippen LogP contribution in [0.1, 0.15) is 16.0 Å². The third-order valence-electron chi connectivity index (χ3n) is 2.10. The van der Waals surface area contributed by atoms with E-state index in [4.69, 9.17) is 5.73 Å². The molecule has 2 N–H and O–H groups in total. The SMILES string of the molecule is NCc1[c]ccc(Cc2cccs2)c1. The first-order valence-corrected chi connectivity index (χ1v) is 5.48. The van der Waals surface area contributed by atoms with Crippen molar-refractivity contribution in [1.29, 1.82) is 0 Å². The maximum atomic E-state index is 5.56. The first-order valence-electron chi connectivity index (χ1n) is 4.60. The van der Waals surface area contributed by atoms with Crippen molar-refractivity contribution in [3.05, 3.63) is 57.8 Å². The Bertz CT molecular complexity index is 392. The molecule has 2 rings (SSSR count). The lowest BCUT2D eigenvalue weighted by Crippen LogP contribution is -1.97. The maximum Gasteiger partial charge on any atom is 0.0184 e. The maximum absolute atomic E-state index is 5.56. The molecular formula is C12H12NS. The summed E-state index contributed by atoms with van der Waals surface area (Å²) in [4.78, 5) is 1.39. The summed E-state index contributed by atoms with van der Waals surface area (Å²) in [5, 5.41) is 2.11. The molecule has 0 spiro atoms. The van der Waals surface area contributed by atoms with Crippen LogP contribution in [0.4, 0.5) is 0 Å². The molecule has 0 amide bonds. The molecule has 0 saturated carbocycles. The fourth-order valence-electron chi connectivity index (χ4n) is 1.41. The van der Waals surface area contributed by atoms with E-state index >= 15 is 0 Å². The molecule has 0 bridgehead atoms. The molecule has 0 atom stereocenters. The van der Waals surface area contributed by atoms with Gasteiger partial charge >= 0.3 is 0 Å². The van der Waals surface area contributed by atoms with Crippen molar-refractivity contribution < 1.29 is 0 Å². The zero-order valence-corrected chi connectivity index (χ0v) is 8.68. The predicted octanol–water partition coefficient (Wildman–Crippen LogP) is 2.60. The summed E-state index contributed by atoms with van der Waals surface area (Å²) >= 11 is 1.79. The Morgan fingerprint density at radius 2 is 2.29 bits per heavy atom. The van der Waals surface area contributed by atoms with Gasteiger partial charge in [-0.1, -0.05) is 24.3 Å². The fourth-order valence-corrected chi connectivity index (χ4v) is 2.15. The zero-order valence-electron chi connectivity index (χ0n) is 7.86. The topological polar surface area (TPSA) is 26.0 Å². The smallest absolute Gasteiger partial charge is 0.0184 e. The van der Waals surface area contributed by atoms with Gasteiger partial charge in [0.1, 0.15) is 0 Å². The van der Waals surface area contributed by atoms with Crippen LogP contribution >= 0.6 is 11.3 Å². The summed E-state index contributed by atoms with van der Waals surface area (Å²) < 4.78 is 0. The van der Waals surface area contributed by atoms with Crippen LogP contribution in [0, 0.1) is 6.07 Å². The normalized spacial score (nSPS) is 10.4. The van der Waals surface area contributed by atoms with Gasteiger partial charge in [-0.3, -0.25) is 0 Å². The Kier molecular flexibility index (Phi) is 2.96. The Morgan fingerprint density at radius 3 is 3.00 bits per heavy atom. The van der Waals surface area contributed by atoms with E-state index in [0.29, 0.717) is 6.54 Å². The van der Waals surface area contributed by atoms with Crippen molar-refractivity contribution in [1.82, 2.24) is 0 Å². The number of nitrogens with two attached hydrogens (primary N) is 1. The van der Waals surface area contributed by atoms with E-state index < -0.39 is 0 Å². The van der Waals surface area contributed by atoms with Crippen molar-refractivity contribution in [2.24, 2.45) is 5.73 Å².